The van der Waals surface area contributed by atoms with Crippen LogP contribution in [0.3, 0.4) is 0 Å². The summed E-state index contributed by atoms with van der Waals surface area (Å²) in [6, 6.07) is 19.6. The van der Waals surface area contributed by atoms with E-state index in [-0.39, 0.29) is 12.0 Å². The number of hydrogen-bond acceptors (Lipinski definition) is 3. The lowest BCUT2D eigenvalue weighted by atomic mass is 9.99. The Morgan fingerprint density at radius 2 is 1.58 bits per heavy atom. The Bertz CT molecular complexity index is 766. The fraction of sp³-hybridized carbons (Fsp3) is 0.250. The molecule has 124 valence electrons. The highest BCUT2D eigenvalue weighted by molar-refractivity contribution is 5.33. The molecule has 0 aliphatic heterocycles. The summed E-state index contributed by atoms with van der Waals surface area (Å²) in [7, 11) is 0. The van der Waals surface area contributed by atoms with Crippen molar-refractivity contribution >= 4 is 0 Å². The molecule has 3 aromatic rings. The Morgan fingerprint density at radius 3 is 2.12 bits per heavy atom. The molecule has 0 unspecified atom stereocenters. The molecule has 0 amide bonds. The number of hydrogen-bond donors (Lipinski definition) is 0. The number of benzene rings is 2. The molecule has 0 spiro atoms. The van der Waals surface area contributed by atoms with Crippen molar-refractivity contribution in [2.75, 3.05) is 6.61 Å². The van der Waals surface area contributed by atoms with Crippen molar-refractivity contribution in [3.63, 3.8) is 0 Å². The normalized spacial score (nSPS) is 10.9. The highest BCUT2D eigenvalue weighted by atomic mass is 16.6. The molecule has 0 aliphatic rings. The van der Waals surface area contributed by atoms with Crippen LogP contribution in [0.5, 0.6) is 5.95 Å². The van der Waals surface area contributed by atoms with Crippen molar-refractivity contribution in [3.05, 3.63) is 88.5 Å². The van der Waals surface area contributed by atoms with E-state index in [1.807, 2.05) is 60.7 Å². The number of unbranched alkanes of at least 4 members (excludes halogenated alkanes) is 1. The summed E-state index contributed by atoms with van der Waals surface area (Å²) in [5.74, 6) is -0.149. The second-order valence-electron chi connectivity index (χ2n) is 5.65. The van der Waals surface area contributed by atoms with Crippen molar-refractivity contribution in [1.29, 1.82) is 0 Å². The molecule has 24 heavy (non-hydrogen) atoms. The number of oxazole rings is 1. The van der Waals surface area contributed by atoms with E-state index in [4.69, 9.17) is 9.15 Å². The average molecular weight is 323 g/mol. The van der Waals surface area contributed by atoms with Crippen LogP contribution in [0, 0.1) is 0 Å². The summed E-state index contributed by atoms with van der Waals surface area (Å²) in [5, 5.41) is 0. The average Bonchev–Trinajstić information content (AvgIpc) is 2.98. The summed E-state index contributed by atoms with van der Waals surface area (Å²) in [4.78, 5) is 12.4. The molecule has 4 heteroatoms. The first-order chi connectivity index (χ1) is 11.8. The van der Waals surface area contributed by atoms with Gasteiger partial charge in [0.1, 0.15) is 0 Å². The Kier molecular flexibility index (Phi) is 5.16. The second-order valence-corrected chi connectivity index (χ2v) is 5.65. The molecule has 1 heterocycles. The molecule has 3 rings (SSSR count). The third-order valence-corrected chi connectivity index (χ3v) is 3.89. The predicted molar refractivity (Wildman–Crippen MR) is 93.5 cm³/mol. The van der Waals surface area contributed by atoms with Crippen molar-refractivity contribution in [1.82, 2.24) is 4.57 Å². The predicted octanol–water partition coefficient (Wildman–Crippen LogP) is 4.26. The number of rotatable bonds is 7. The minimum Gasteiger partial charge on any atom is -0.464 e. The lowest BCUT2D eigenvalue weighted by molar-refractivity contribution is 0.232. The summed E-state index contributed by atoms with van der Waals surface area (Å²) in [6.07, 6.45) is 3.61. The van der Waals surface area contributed by atoms with Crippen molar-refractivity contribution < 1.29 is 9.15 Å². The largest absolute Gasteiger partial charge is 0.464 e. The van der Waals surface area contributed by atoms with Gasteiger partial charge in [-0.1, -0.05) is 74.0 Å². The Hall–Kier alpha value is -2.75. The molecule has 0 fully saturated rings. The molecule has 0 N–H and O–H groups in total. The van der Waals surface area contributed by atoms with Gasteiger partial charge < -0.3 is 9.15 Å². The molecule has 4 nitrogen and oxygen atoms in total. The van der Waals surface area contributed by atoms with Crippen LogP contribution in [0.25, 0.3) is 0 Å². The van der Waals surface area contributed by atoms with Crippen LogP contribution in [0.4, 0.5) is 0 Å². The first kappa shape index (κ1) is 16.1. The highest BCUT2D eigenvalue weighted by Crippen LogP contribution is 2.26. The summed E-state index contributed by atoms with van der Waals surface area (Å²) in [6.45, 7) is 2.64. The minimum atomic E-state index is -0.417. The van der Waals surface area contributed by atoms with Gasteiger partial charge in [-0.25, -0.2) is 4.79 Å². The molecule has 2 aromatic carbocycles. The van der Waals surface area contributed by atoms with Gasteiger partial charge in [0.25, 0.3) is 0 Å². The molecule has 0 saturated carbocycles. The Balaban J connectivity index is 1.99. The monoisotopic (exact) mass is 323 g/mol. The second kappa shape index (κ2) is 7.68. The minimum absolute atomic E-state index is 0.243. The standard InChI is InChI=1S/C20H21NO3/c1-2-3-14-23-18-15-21(20(22)24-18)19(16-10-6-4-7-11-16)17-12-8-5-9-13-17/h4-13,15,19H,2-3,14H2,1H3. The number of aromatic nitrogens is 1. The SMILES string of the molecule is CCCCOc1cn(C(c2ccccc2)c2ccccc2)c(=O)o1. The molecule has 0 saturated heterocycles. The van der Waals surface area contributed by atoms with Crippen LogP contribution in [-0.2, 0) is 0 Å². The molecule has 0 radical (unpaired) electrons. The smallest absolute Gasteiger partial charge is 0.422 e. The van der Waals surface area contributed by atoms with E-state index in [2.05, 4.69) is 6.92 Å². The van der Waals surface area contributed by atoms with Gasteiger partial charge in [-0.05, 0) is 17.5 Å². The molecule has 1 aromatic heterocycles. The van der Waals surface area contributed by atoms with E-state index in [9.17, 15) is 4.79 Å². The quantitative estimate of drug-likeness (QED) is 0.610. The van der Waals surface area contributed by atoms with E-state index >= 15 is 0 Å². The van der Waals surface area contributed by atoms with Gasteiger partial charge in [0.05, 0.1) is 18.8 Å². The zero-order valence-corrected chi connectivity index (χ0v) is 13.7. The lowest BCUT2D eigenvalue weighted by Gasteiger charge is -2.18. The summed E-state index contributed by atoms with van der Waals surface area (Å²) >= 11 is 0. The van der Waals surface area contributed by atoms with Crippen LogP contribution >= 0.6 is 0 Å². The molecule has 0 aliphatic carbocycles. The Morgan fingerprint density at radius 1 is 1.00 bits per heavy atom. The Labute approximate surface area is 141 Å². The fourth-order valence-corrected chi connectivity index (χ4v) is 2.68. The van der Waals surface area contributed by atoms with Gasteiger partial charge in [-0.3, -0.25) is 4.57 Å². The fourth-order valence-electron chi connectivity index (χ4n) is 2.68. The van der Waals surface area contributed by atoms with Crippen LogP contribution in [0.1, 0.15) is 36.9 Å². The van der Waals surface area contributed by atoms with Crippen LogP contribution < -0.4 is 10.5 Å². The first-order valence-corrected chi connectivity index (χ1v) is 8.24. The third kappa shape index (κ3) is 3.59. The van der Waals surface area contributed by atoms with Gasteiger partial charge in [-0.2, -0.15) is 0 Å². The van der Waals surface area contributed by atoms with Gasteiger partial charge in [0.2, 0.25) is 0 Å². The first-order valence-electron chi connectivity index (χ1n) is 8.24. The zero-order valence-electron chi connectivity index (χ0n) is 13.7. The van der Waals surface area contributed by atoms with E-state index < -0.39 is 5.76 Å². The third-order valence-electron chi connectivity index (χ3n) is 3.89. The molecule has 0 atom stereocenters. The maximum atomic E-state index is 12.4. The summed E-state index contributed by atoms with van der Waals surface area (Å²) in [5.41, 5.74) is 2.04. The van der Waals surface area contributed by atoms with Crippen molar-refractivity contribution in [3.8, 4) is 5.95 Å². The van der Waals surface area contributed by atoms with E-state index in [0.29, 0.717) is 6.61 Å². The molecule has 0 bridgehead atoms. The van der Waals surface area contributed by atoms with Gasteiger partial charge >= 0.3 is 11.7 Å². The van der Waals surface area contributed by atoms with Gasteiger partial charge in [-0.15, -0.1) is 0 Å². The van der Waals surface area contributed by atoms with E-state index in [1.165, 1.54) is 0 Å². The number of nitrogens with zero attached hydrogens (tertiary/aromatic N) is 1. The van der Waals surface area contributed by atoms with Crippen LogP contribution in [-0.4, -0.2) is 11.2 Å². The maximum absolute atomic E-state index is 12.4. The molecular weight excluding hydrogens is 302 g/mol. The van der Waals surface area contributed by atoms with Gasteiger partial charge in [0, 0.05) is 0 Å². The topological polar surface area (TPSA) is 44.4 Å². The highest BCUT2D eigenvalue weighted by Gasteiger charge is 2.20. The van der Waals surface area contributed by atoms with Crippen LogP contribution in [0.15, 0.2) is 76.1 Å². The van der Waals surface area contributed by atoms with E-state index in [1.54, 1.807) is 10.8 Å². The van der Waals surface area contributed by atoms with E-state index in [0.717, 1.165) is 24.0 Å². The lowest BCUT2D eigenvalue weighted by Crippen LogP contribution is -2.21. The summed E-state index contributed by atoms with van der Waals surface area (Å²) < 4.78 is 12.4. The maximum Gasteiger partial charge on any atom is 0.422 e. The number of ether oxygens (including phenoxy) is 1. The molecular formula is C20H21NO3. The van der Waals surface area contributed by atoms with Crippen LogP contribution in [0.2, 0.25) is 0 Å². The van der Waals surface area contributed by atoms with Crippen molar-refractivity contribution in [2.24, 2.45) is 0 Å². The van der Waals surface area contributed by atoms with Crippen molar-refractivity contribution in [2.45, 2.75) is 25.8 Å². The zero-order chi connectivity index (χ0) is 16.8. The van der Waals surface area contributed by atoms with Gasteiger partial charge in [0.15, 0.2) is 0 Å².